The normalized spacial score (nSPS) is 35.0. The van der Waals surface area contributed by atoms with E-state index in [2.05, 4.69) is 0 Å². The van der Waals surface area contributed by atoms with Gasteiger partial charge in [-0.2, -0.15) is 0 Å². The second-order valence-corrected chi connectivity index (χ2v) is 7.74. The highest BCUT2D eigenvalue weighted by Gasteiger charge is 2.48. The molecule has 1 aliphatic carbocycles. The van der Waals surface area contributed by atoms with Crippen molar-refractivity contribution in [2.75, 3.05) is 0 Å². The number of hydrogen-bond acceptors (Lipinski definition) is 4. The lowest BCUT2D eigenvalue weighted by Gasteiger charge is -2.44. The minimum absolute atomic E-state index is 0.0257. The molecule has 3 rings (SSSR count). The average molecular weight is 282 g/mol. The molecular formula is C14H18O4S. The predicted molar refractivity (Wildman–Crippen MR) is 69.9 cm³/mol. The van der Waals surface area contributed by atoms with Gasteiger partial charge in [-0.15, -0.1) is 0 Å². The van der Waals surface area contributed by atoms with Crippen molar-refractivity contribution in [1.82, 2.24) is 0 Å². The molecule has 3 unspecified atom stereocenters. The van der Waals surface area contributed by atoms with E-state index in [-0.39, 0.29) is 11.5 Å². The zero-order valence-corrected chi connectivity index (χ0v) is 11.7. The lowest BCUT2D eigenvalue weighted by molar-refractivity contribution is -0.408. The summed E-state index contributed by atoms with van der Waals surface area (Å²) in [5.41, 5.74) is -1.19. The summed E-state index contributed by atoms with van der Waals surface area (Å²) in [4.78, 5) is 11.0. The Morgan fingerprint density at radius 2 is 2.00 bits per heavy atom. The van der Waals surface area contributed by atoms with Crippen LogP contribution < -0.4 is 0 Å². The lowest BCUT2D eigenvalue weighted by atomic mass is 9.79. The van der Waals surface area contributed by atoms with Gasteiger partial charge in [-0.25, -0.2) is 18.2 Å². The van der Waals surface area contributed by atoms with E-state index in [0.717, 1.165) is 25.7 Å². The Labute approximate surface area is 113 Å². The summed E-state index contributed by atoms with van der Waals surface area (Å²) in [6, 6.07) is 8.46. The molecule has 2 fully saturated rings. The molecule has 3 atom stereocenters. The molecule has 1 saturated heterocycles. The number of sulfone groups is 1. The molecule has 2 bridgehead atoms. The smallest absolute Gasteiger partial charge is 0.208 e. The number of fused-ring (bicyclic) bond motifs is 2. The van der Waals surface area contributed by atoms with Crippen LogP contribution in [-0.4, -0.2) is 19.5 Å². The molecule has 0 spiro atoms. The summed E-state index contributed by atoms with van der Waals surface area (Å²) in [6.45, 7) is 1.99. The molecule has 5 heteroatoms. The molecule has 1 aromatic carbocycles. The van der Waals surface area contributed by atoms with Gasteiger partial charge < -0.3 is 0 Å². The molecule has 1 heterocycles. The van der Waals surface area contributed by atoms with Crippen LogP contribution in [0.2, 0.25) is 0 Å². The van der Waals surface area contributed by atoms with Gasteiger partial charge in [-0.05, 0) is 38.3 Å². The van der Waals surface area contributed by atoms with Crippen molar-refractivity contribution in [2.45, 2.75) is 48.5 Å². The van der Waals surface area contributed by atoms with E-state index < -0.39 is 15.3 Å². The molecule has 4 nitrogen and oxygen atoms in total. The molecule has 2 aliphatic rings. The van der Waals surface area contributed by atoms with Crippen LogP contribution in [0, 0.1) is 5.92 Å². The summed E-state index contributed by atoms with van der Waals surface area (Å²) in [5, 5.41) is 0. The van der Waals surface area contributed by atoms with Crippen molar-refractivity contribution in [3.05, 3.63) is 30.3 Å². The second-order valence-electron chi connectivity index (χ2n) is 5.71. The fourth-order valence-corrected chi connectivity index (χ4v) is 4.78. The third kappa shape index (κ3) is 2.30. The minimum atomic E-state index is -3.49. The largest absolute Gasteiger partial charge is 0.229 e. The van der Waals surface area contributed by atoms with E-state index in [0.29, 0.717) is 4.90 Å². The lowest BCUT2D eigenvalue weighted by Crippen LogP contribution is -2.49. The summed E-state index contributed by atoms with van der Waals surface area (Å²) in [7, 11) is -3.49. The van der Waals surface area contributed by atoms with Crippen LogP contribution in [0.3, 0.4) is 0 Å². The van der Waals surface area contributed by atoms with Crippen LogP contribution >= 0.6 is 0 Å². The van der Waals surface area contributed by atoms with Gasteiger partial charge in [-0.1, -0.05) is 24.6 Å². The maximum absolute atomic E-state index is 12.6. The first-order valence-electron chi connectivity index (χ1n) is 6.65. The first-order valence-corrected chi connectivity index (χ1v) is 8.19. The van der Waals surface area contributed by atoms with E-state index >= 15 is 0 Å². The van der Waals surface area contributed by atoms with E-state index in [4.69, 9.17) is 9.78 Å². The number of rotatable bonds is 2. The van der Waals surface area contributed by atoms with Crippen LogP contribution in [-0.2, 0) is 19.6 Å². The van der Waals surface area contributed by atoms with Crippen molar-refractivity contribution in [3.63, 3.8) is 0 Å². The van der Waals surface area contributed by atoms with E-state index in [1.54, 1.807) is 30.3 Å². The summed E-state index contributed by atoms with van der Waals surface area (Å²) in [6.07, 6.45) is 3.56. The molecule has 1 aliphatic heterocycles. The molecule has 104 valence electrons. The Bertz CT molecular complexity index is 554. The van der Waals surface area contributed by atoms with Crippen LogP contribution in [0.15, 0.2) is 35.2 Å². The maximum atomic E-state index is 12.6. The fourth-order valence-electron chi connectivity index (χ4n) is 3.10. The number of benzene rings is 1. The van der Waals surface area contributed by atoms with Crippen molar-refractivity contribution >= 4 is 9.84 Å². The van der Waals surface area contributed by atoms with Crippen LogP contribution in [0.1, 0.15) is 32.6 Å². The molecule has 0 radical (unpaired) electrons. The van der Waals surface area contributed by atoms with Crippen LogP contribution in [0.5, 0.6) is 0 Å². The second kappa shape index (κ2) is 4.58. The van der Waals surface area contributed by atoms with Gasteiger partial charge in [0.25, 0.3) is 0 Å². The van der Waals surface area contributed by atoms with E-state index in [1.165, 1.54) is 0 Å². The Kier molecular flexibility index (Phi) is 3.15. The molecular weight excluding hydrogens is 264 g/mol. The summed E-state index contributed by atoms with van der Waals surface area (Å²) >= 11 is 0. The first-order chi connectivity index (χ1) is 9.01. The van der Waals surface area contributed by atoms with Gasteiger partial charge in [0.15, 0.2) is 0 Å². The Hall–Kier alpha value is -0.910. The van der Waals surface area contributed by atoms with Gasteiger partial charge in [0, 0.05) is 5.92 Å². The summed E-state index contributed by atoms with van der Waals surface area (Å²) < 4.78 is 25.2. The highest BCUT2D eigenvalue weighted by atomic mass is 32.2. The molecule has 19 heavy (non-hydrogen) atoms. The molecule has 1 saturated carbocycles. The minimum Gasteiger partial charge on any atom is -0.229 e. The Morgan fingerprint density at radius 3 is 2.74 bits per heavy atom. The van der Waals surface area contributed by atoms with Gasteiger partial charge >= 0.3 is 0 Å². The van der Waals surface area contributed by atoms with E-state index in [9.17, 15) is 8.42 Å². The zero-order chi connectivity index (χ0) is 13.5. The Balaban J connectivity index is 1.91. The monoisotopic (exact) mass is 282 g/mol. The SMILES string of the molecule is CC12CCCC(C1)C(S(=O)(=O)c1ccccc1)OO2. The van der Waals surface area contributed by atoms with Crippen molar-refractivity contribution < 1.29 is 18.2 Å². The van der Waals surface area contributed by atoms with Crippen molar-refractivity contribution in [2.24, 2.45) is 5.92 Å². The fraction of sp³-hybridized carbons (Fsp3) is 0.571. The highest BCUT2D eigenvalue weighted by molar-refractivity contribution is 7.92. The predicted octanol–water partition coefficient (Wildman–Crippen LogP) is 2.70. The molecule has 0 N–H and O–H groups in total. The number of hydrogen-bond donors (Lipinski definition) is 0. The first kappa shape index (κ1) is 13.1. The third-order valence-electron chi connectivity index (χ3n) is 4.08. The molecule has 1 aromatic rings. The van der Waals surface area contributed by atoms with Gasteiger partial charge in [-0.3, -0.25) is 0 Å². The Morgan fingerprint density at radius 1 is 1.26 bits per heavy atom. The quantitative estimate of drug-likeness (QED) is 0.783. The zero-order valence-electron chi connectivity index (χ0n) is 10.9. The maximum Gasteiger partial charge on any atom is 0.208 e. The van der Waals surface area contributed by atoms with Gasteiger partial charge in [0.1, 0.15) is 5.60 Å². The summed E-state index contributed by atoms with van der Waals surface area (Å²) in [5.74, 6) is 0.0257. The average Bonchev–Trinajstić information content (AvgIpc) is 2.39. The topological polar surface area (TPSA) is 52.6 Å². The van der Waals surface area contributed by atoms with E-state index in [1.807, 2.05) is 6.92 Å². The van der Waals surface area contributed by atoms with Crippen molar-refractivity contribution in [3.8, 4) is 0 Å². The van der Waals surface area contributed by atoms with Gasteiger partial charge in [0.05, 0.1) is 4.90 Å². The highest BCUT2D eigenvalue weighted by Crippen LogP contribution is 2.44. The van der Waals surface area contributed by atoms with Gasteiger partial charge in [0.2, 0.25) is 15.3 Å². The van der Waals surface area contributed by atoms with Crippen molar-refractivity contribution in [1.29, 1.82) is 0 Å². The van der Waals surface area contributed by atoms with Crippen LogP contribution in [0.4, 0.5) is 0 Å². The third-order valence-corrected chi connectivity index (χ3v) is 6.09. The molecule has 0 amide bonds. The standard InChI is InChI=1S/C14H18O4S/c1-14-9-5-6-11(10-14)13(17-18-14)19(15,16)12-7-3-2-4-8-12/h2-4,7-8,11,13H,5-6,9-10H2,1H3. The van der Waals surface area contributed by atoms with Crippen LogP contribution in [0.25, 0.3) is 0 Å². The molecule has 0 aromatic heterocycles.